The van der Waals surface area contributed by atoms with Crippen molar-refractivity contribution in [2.75, 3.05) is 10.8 Å². The third-order valence-electron chi connectivity index (χ3n) is 6.20. The molecule has 0 spiro atoms. The molecule has 40 heavy (non-hydrogen) atoms. The lowest BCUT2D eigenvalue weighted by Crippen LogP contribution is -2.53. The smallest absolute Gasteiger partial charge is 0.264 e. The van der Waals surface area contributed by atoms with Gasteiger partial charge in [-0.3, -0.25) is 13.9 Å². The summed E-state index contributed by atoms with van der Waals surface area (Å²) in [5.74, 6) is -0.968. The Hall–Kier alpha value is -2.78. The van der Waals surface area contributed by atoms with E-state index in [0.717, 1.165) is 9.87 Å². The fraction of sp³-hybridized carbons (Fsp3) is 0.310. The molecule has 0 aliphatic heterocycles. The van der Waals surface area contributed by atoms with Gasteiger partial charge >= 0.3 is 0 Å². The van der Waals surface area contributed by atoms with Gasteiger partial charge in [0.1, 0.15) is 12.6 Å². The molecule has 0 heterocycles. The van der Waals surface area contributed by atoms with Gasteiger partial charge in [-0.15, -0.1) is 0 Å². The average Bonchev–Trinajstić information content (AvgIpc) is 2.89. The van der Waals surface area contributed by atoms with E-state index in [1.54, 1.807) is 49.4 Å². The second-order valence-corrected chi connectivity index (χ2v) is 12.7. The Labute approximate surface area is 251 Å². The lowest BCUT2D eigenvalue weighted by molar-refractivity contribution is -0.140. The molecular formula is C29H32Cl3N3O4S. The van der Waals surface area contributed by atoms with Gasteiger partial charge in [-0.1, -0.05) is 83.7 Å². The zero-order valence-electron chi connectivity index (χ0n) is 22.7. The van der Waals surface area contributed by atoms with E-state index >= 15 is 0 Å². The Bertz CT molecular complexity index is 1460. The third-order valence-corrected chi connectivity index (χ3v) is 9.15. The Morgan fingerprint density at radius 1 is 0.900 bits per heavy atom. The first kappa shape index (κ1) is 31.7. The molecule has 11 heteroatoms. The summed E-state index contributed by atoms with van der Waals surface area (Å²) >= 11 is 19.1. The van der Waals surface area contributed by atoms with E-state index in [4.69, 9.17) is 34.8 Å². The number of halogens is 3. The molecule has 3 aromatic carbocycles. The van der Waals surface area contributed by atoms with Gasteiger partial charge in [-0.2, -0.15) is 0 Å². The number of nitrogens with zero attached hydrogens (tertiary/aromatic N) is 2. The first-order chi connectivity index (χ1) is 18.9. The Balaban J connectivity index is 2.12. The topological polar surface area (TPSA) is 86.8 Å². The van der Waals surface area contributed by atoms with Crippen molar-refractivity contribution < 1.29 is 18.0 Å². The summed E-state index contributed by atoms with van der Waals surface area (Å²) in [6.07, 6.45) is 0.289. The van der Waals surface area contributed by atoms with E-state index in [-0.39, 0.29) is 45.5 Å². The largest absolute Gasteiger partial charge is 0.352 e. The van der Waals surface area contributed by atoms with Crippen molar-refractivity contribution in [1.82, 2.24) is 10.2 Å². The van der Waals surface area contributed by atoms with Gasteiger partial charge in [-0.25, -0.2) is 8.42 Å². The Morgan fingerprint density at radius 3 is 2.12 bits per heavy atom. The minimum Gasteiger partial charge on any atom is -0.352 e. The fourth-order valence-electron chi connectivity index (χ4n) is 4.15. The summed E-state index contributed by atoms with van der Waals surface area (Å²) in [5.41, 5.74) is 1.53. The molecule has 0 saturated heterocycles. The summed E-state index contributed by atoms with van der Waals surface area (Å²) in [6.45, 7) is 6.62. The maximum Gasteiger partial charge on any atom is 0.264 e. The van der Waals surface area contributed by atoms with Crippen LogP contribution in [0.5, 0.6) is 0 Å². The third kappa shape index (κ3) is 7.49. The summed E-state index contributed by atoms with van der Waals surface area (Å²) in [6, 6.07) is 16.8. The monoisotopic (exact) mass is 623 g/mol. The predicted octanol–water partition coefficient (Wildman–Crippen LogP) is 6.48. The highest BCUT2D eigenvalue weighted by molar-refractivity contribution is 7.92. The van der Waals surface area contributed by atoms with Gasteiger partial charge in [0, 0.05) is 17.6 Å². The SMILES string of the molecule is CC[C@@H](C(=O)NC(C)C)N(Cc1ccccc1Cl)C(=O)CN(c1cccc(Cl)c1Cl)S(=O)(=O)c1ccc(C)cc1. The van der Waals surface area contributed by atoms with Crippen LogP contribution in [0.15, 0.2) is 71.6 Å². The number of rotatable bonds is 11. The second-order valence-electron chi connectivity index (χ2n) is 9.60. The van der Waals surface area contributed by atoms with Gasteiger partial charge in [0.05, 0.1) is 20.6 Å². The molecule has 1 N–H and O–H groups in total. The van der Waals surface area contributed by atoms with Crippen LogP contribution in [0.2, 0.25) is 15.1 Å². The highest BCUT2D eigenvalue weighted by Crippen LogP contribution is 2.35. The molecule has 0 fully saturated rings. The summed E-state index contributed by atoms with van der Waals surface area (Å²) in [4.78, 5) is 28.6. The minimum atomic E-state index is -4.28. The molecule has 0 radical (unpaired) electrons. The van der Waals surface area contributed by atoms with Crippen LogP contribution in [0.3, 0.4) is 0 Å². The molecule has 3 aromatic rings. The number of benzene rings is 3. The van der Waals surface area contributed by atoms with Gasteiger partial charge in [-0.05, 0) is 63.1 Å². The van der Waals surface area contributed by atoms with Crippen LogP contribution in [0, 0.1) is 6.92 Å². The first-order valence-corrected chi connectivity index (χ1v) is 15.3. The molecule has 1 atom stereocenters. The van der Waals surface area contributed by atoms with Crippen molar-refractivity contribution in [2.24, 2.45) is 0 Å². The van der Waals surface area contributed by atoms with Crippen LogP contribution >= 0.6 is 34.8 Å². The van der Waals surface area contributed by atoms with Crippen molar-refractivity contribution in [3.8, 4) is 0 Å². The maximum atomic E-state index is 14.1. The molecule has 0 unspecified atom stereocenters. The van der Waals surface area contributed by atoms with Gasteiger partial charge in [0.15, 0.2) is 0 Å². The number of sulfonamides is 1. The zero-order chi connectivity index (χ0) is 29.6. The number of carbonyl (C=O) groups excluding carboxylic acids is 2. The minimum absolute atomic E-state index is 0.00970. The number of amides is 2. The molecule has 2 amide bonds. The first-order valence-electron chi connectivity index (χ1n) is 12.7. The number of anilines is 1. The number of nitrogens with one attached hydrogen (secondary N) is 1. The standard InChI is InChI=1S/C29H32Cl3N3O4S/c1-5-25(29(37)33-19(2)3)34(17-21-9-6-7-10-23(21)30)27(36)18-35(26-12-8-11-24(31)28(26)32)40(38,39)22-15-13-20(4)14-16-22/h6-16,19,25H,5,17-18H2,1-4H3,(H,33,37)/t25-/m0/s1. The molecule has 0 saturated carbocycles. The molecule has 0 aromatic heterocycles. The molecule has 0 aliphatic carbocycles. The van der Waals surface area contributed by atoms with Crippen molar-refractivity contribution in [3.63, 3.8) is 0 Å². The Morgan fingerprint density at radius 2 is 1.52 bits per heavy atom. The van der Waals surface area contributed by atoms with Crippen LogP contribution in [-0.4, -0.2) is 43.8 Å². The van der Waals surface area contributed by atoms with Gasteiger partial charge in [0.2, 0.25) is 11.8 Å². The van der Waals surface area contributed by atoms with Gasteiger partial charge in [0.25, 0.3) is 10.0 Å². The predicted molar refractivity (Wildman–Crippen MR) is 162 cm³/mol. The van der Waals surface area contributed by atoms with E-state index in [0.29, 0.717) is 10.6 Å². The fourth-order valence-corrected chi connectivity index (χ4v) is 6.22. The second kappa shape index (κ2) is 13.7. The highest BCUT2D eigenvalue weighted by atomic mass is 35.5. The molecule has 0 bridgehead atoms. The van der Waals surface area contributed by atoms with Crippen LogP contribution < -0.4 is 9.62 Å². The van der Waals surface area contributed by atoms with Crippen LogP contribution in [0.25, 0.3) is 0 Å². The zero-order valence-corrected chi connectivity index (χ0v) is 25.8. The highest BCUT2D eigenvalue weighted by Gasteiger charge is 2.35. The van der Waals surface area contributed by atoms with E-state index in [9.17, 15) is 18.0 Å². The maximum absolute atomic E-state index is 14.1. The van der Waals surface area contributed by atoms with E-state index < -0.39 is 28.5 Å². The number of carbonyl (C=O) groups is 2. The number of hydrogen-bond donors (Lipinski definition) is 1. The summed E-state index contributed by atoms with van der Waals surface area (Å²) in [7, 11) is -4.28. The van der Waals surface area contributed by atoms with Crippen molar-refractivity contribution in [1.29, 1.82) is 0 Å². The lowest BCUT2D eigenvalue weighted by Gasteiger charge is -2.34. The molecular weight excluding hydrogens is 593 g/mol. The van der Waals surface area contributed by atoms with Crippen LogP contribution in [0.1, 0.15) is 38.3 Å². The average molecular weight is 625 g/mol. The molecule has 0 aliphatic rings. The van der Waals surface area contributed by atoms with Crippen molar-refractivity contribution in [3.05, 3.63) is 92.9 Å². The van der Waals surface area contributed by atoms with Gasteiger partial charge < -0.3 is 10.2 Å². The van der Waals surface area contributed by atoms with Crippen molar-refractivity contribution >= 4 is 62.3 Å². The molecule has 7 nitrogen and oxygen atoms in total. The van der Waals surface area contributed by atoms with Crippen molar-refractivity contribution in [2.45, 2.75) is 57.6 Å². The summed E-state index contributed by atoms with van der Waals surface area (Å²) in [5, 5.41) is 3.39. The van der Waals surface area contributed by atoms with E-state index in [2.05, 4.69) is 5.32 Å². The lowest BCUT2D eigenvalue weighted by atomic mass is 10.1. The van der Waals surface area contributed by atoms with Crippen LogP contribution in [0.4, 0.5) is 5.69 Å². The normalized spacial score (nSPS) is 12.2. The van der Waals surface area contributed by atoms with E-state index in [1.807, 2.05) is 20.8 Å². The van der Waals surface area contributed by atoms with Crippen LogP contribution in [-0.2, 0) is 26.2 Å². The number of aryl methyl sites for hydroxylation is 1. The molecule has 214 valence electrons. The number of hydrogen-bond acceptors (Lipinski definition) is 4. The quantitative estimate of drug-likeness (QED) is 0.265. The summed E-state index contributed by atoms with van der Waals surface area (Å²) < 4.78 is 28.8. The van der Waals surface area contributed by atoms with E-state index in [1.165, 1.54) is 29.2 Å². The Kier molecular flexibility index (Phi) is 10.9. The molecule has 3 rings (SSSR count).